The number of anilines is 1. The molecule has 152 valence electrons. The van der Waals surface area contributed by atoms with Gasteiger partial charge in [-0.25, -0.2) is 13.8 Å². The third-order valence-corrected chi connectivity index (χ3v) is 5.04. The second-order valence-corrected chi connectivity index (χ2v) is 6.75. The summed E-state index contributed by atoms with van der Waals surface area (Å²) in [6.45, 7) is 0.833. The number of aromatic amines is 1. The first-order valence-corrected chi connectivity index (χ1v) is 9.11. The predicted octanol–water partition coefficient (Wildman–Crippen LogP) is 2.35. The summed E-state index contributed by atoms with van der Waals surface area (Å²) in [6, 6.07) is 8.04. The van der Waals surface area contributed by atoms with Crippen molar-refractivity contribution in [2.75, 3.05) is 12.5 Å². The fraction of sp³-hybridized carbons (Fsp3) is 0.316. The Kier molecular flexibility index (Phi) is 5.36. The third kappa shape index (κ3) is 3.76. The number of aromatic nitrogens is 4. The average molecular weight is 401 g/mol. The Morgan fingerprint density at radius 2 is 2.14 bits per heavy atom. The van der Waals surface area contributed by atoms with Crippen LogP contribution in [-0.4, -0.2) is 44.6 Å². The molecule has 4 rings (SSSR count). The average Bonchev–Trinajstić information content (AvgIpc) is 3.37. The normalized spacial score (nSPS) is 14.8. The number of fused-ring (bicyclic) bond motifs is 1. The molecular formula is C19H21F2N7O. The maximum Gasteiger partial charge on any atom is 0.254 e. The van der Waals surface area contributed by atoms with Crippen LogP contribution in [0.4, 0.5) is 14.5 Å². The summed E-state index contributed by atoms with van der Waals surface area (Å²) in [5.41, 5.74) is 5.53. The first-order chi connectivity index (χ1) is 14.1. The lowest BCUT2D eigenvalue weighted by Gasteiger charge is -2.25. The first-order valence-electron chi connectivity index (χ1n) is 9.11. The molecule has 1 aliphatic rings. The number of para-hydroxylation sites is 1. The van der Waals surface area contributed by atoms with Gasteiger partial charge in [0.25, 0.3) is 6.43 Å². The summed E-state index contributed by atoms with van der Waals surface area (Å²) >= 11 is 0. The number of nitrogens with zero attached hydrogens (tertiary/aromatic N) is 4. The van der Waals surface area contributed by atoms with Gasteiger partial charge in [0, 0.05) is 31.3 Å². The van der Waals surface area contributed by atoms with E-state index in [4.69, 9.17) is 10.6 Å². The van der Waals surface area contributed by atoms with Crippen molar-refractivity contribution in [2.45, 2.75) is 32.0 Å². The molecule has 3 aromatic rings. The van der Waals surface area contributed by atoms with E-state index in [0.29, 0.717) is 41.7 Å². The van der Waals surface area contributed by atoms with Crippen LogP contribution in [0.2, 0.25) is 0 Å². The standard InChI is InChI=1S/C19H21F2N7O/c1-29-15-6-2-5-12(17(15)25-22)19-24-16(26-27-19)8-14(18(20)21)28-9-11-4-3-7-23-13(11)10-28/h2-7,14,18,25H,8-10,22H2,1H3,(H,24,26,27)/t14-/m0/s1. The number of hydrazine groups is 1. The highest BCUT2D eigenvalue weighted by molar-refractivity contribution is 5.78. The van der Waals surface area contributed by atoms with E-state index in [-0.39, 0.29) is 6.42 Å². The van der Waals surface area contributed by atoms with E-state index in [9.17, 15) is 8.78 Å². The van der Waals surface area contributed by atoms with Gasteiger partial charge in [0.05, 0.1) is 18.8 Å². The van der Waals surface area contributed by atoms with Gasteiger partial charge in [0.2, 0.25) is 0 Å². The zero-order chi connectivity index (χ0) is 20.4. The van der Waals surface area contributed by atoms with Gasteiger partial charge in [-0.15, -0.1) is 0 Å². The van der Waals surface area contributed by atoms with Gasteiger partial charge >= 0.3 is 0 Å². The molecule has 29 heavy (non-hydrogen) atoms. The third-order valence-electron chi connectivity index (χ3n) is 5.04. The smallest absolute Gasteiger partial charge is 0.254 e. The molecule has 0 spiro atoms. The van der Waals surface area contributed by atoms with Crippen molar-refractivity contribution in [3.63, 3.8) is 0 Å². The molecule has 1 aliphatic heterocycles. The van der Waals surface area contributed by atoms with Crippen molar-refractivity contribution < 1.29 is 13.5 Å². The van der Waals surface area contributed by atoms with Crippen molar-refractivity contribution >= 4 is 5.69 Å². The summed E-state index contributed by atoms with van der Waals surface area (Å²) in [5, 5.41) is 6.96. The highest BCUT2D eigenvalue weighted by atomic mass is 19.3. The topological polar surface area (TPSA) is 105 Å². The lowest BCUT2D eigenvalue weighted by molar-refractivity contribution is 0.0216. The molecule has 10 heteroatoms. The van der Waals surface area contributed by atoms with Gasteiger partial charge in [0.1, 0.15) is 17.3 Å². The number of rotatable bonds is 7. The van der Waals surface area contributed by atoms with Crippen LogP contribution in [0.1, 0.15) is 17.1 Å². The second-order valence-electron chi connectivity index (χ2n) is 6.75. The number of alkyl halides is 2. The van der Waals surface area contributed by atoms with Crippen LogP contribution < -0.4 is 16.0 Å². The van der Waals surface area contributed by atoms with Gasteiger partial charge in [-0.2, -0.15) is 5.10 Å². The number of nitrogens with two attached hydrogens (primary N) is 1. The minimum Gasteiger partial charge on any atom is -0.495 e. The summed E-state index contributed by atoms with van der Waals surface area (Å²) in [5.74, 6) is 6.87. The Morgan fingerprint density at radius 1 is 1.28 bits per heavy atom. The monoisotopic (exact) mass is 401 g/mol. The Labute approximate surface area is 166 Å². The van der Waals surface area contributed by atoms with Crippen molar-refractivity contribution in [1.29, 1.82) is 0 Å². The van der Waals surface area contributed by atoms with Crippen molar-refractivity contribution in [3.05, 3.63) is 53.6 Å². The van der Waals surface area contributed by atoms with Crippen LogP contribution in [0.25, 0.3) is 11.4 Å². The van der Waals surface area contributed by atoms with Crippen molar-refractivity contribution in [2.24, 2.45) is 5.84 Å². The number of ether oxygens (including phenoxy) is 1. The van der Waals surface area contributed by atoms with Gasteiger partial charge in [-0.3, -0.25) is 20.8 Å². The van der Waals surface area contributed by atoms with Crippen LogP contribution in [0.3, 0.4) is 0 Å². The molecule has 8 nitrogen and oxygen atoms in total. The molecule has 0 fully saturated rings. The fourth-order valence-corrected chi connectivity index (χ4v) is 3.58. The number of hydrogen-bond acceptors (Lipinski definition) is 7. The molecule has 4 N–H and O–H groups in total. The maximum absolute atomic E-state index is 13.8. The SMILES string of the molecule is COc1cccc(-c2n[nH]c(C[C@@H](C(F)F)N3Cc4cccnc4C3)n2)c1NN. The second kappa shape index (κ2) is 8.10. The number of hydrogen-bond donors (Lipinski definition) is 3. The van der Waals surface area contributed by atoms with Gasteiger partial charge in [-0.1, -0.05) is 12.1 Å². The summed E-state index contributed by atoms with van der Waals surface area (Å²) < 4.78 is 33.0. The lowest BCUT2D eigenvalue weighted by Crippen LogP contribution is -2.38. The molecular weight excluding hydrogens is 380 g/mol. The molecule has 0 radical (unpaired) electrons. The van der Waals surface area contributed by atoms with Crippen molar-refractivity contribution in [3.8, 4) is 17.1 Å². The Morgan fingerprint density at radius 3 is 2.86 bits per heavy atom. The van der Waals surface area contributed by atoms with Gasteiger partial charge in [-0.05, 0) is 23.8 Å². The Bertz CT molecular complexity index is 969. The van der Waals surface area contributed by atoms with Crippen molar-refractivity contribution in [1.82, 2.24) is 25.1 Å². The molecule has 0 unspecified atom stereocenters. The zero-order valence-electron chi connectivity index (χ0n) is 15.8. The van der Waals surface area contributed by atoms with E-state index in [1.165, 1.54) is 7.11 Å². The highest BCUT2D eigenvalue weighted by Crippen LogP contribution is 2.33. The van der Waals surface area contributed by atoms with E-state index in [0.717, 1.165) is 11.3 Å². The van der Waals surface area contributed by atoms with Crippen LogP contribution in [0, 0.1) is 0 Å². The summed E-state index contributed by atoms with van der Waals surface area (Å²) in [4.78, 5) is 10.4. The number of pyridine rings is 1. The maximum atomic E-state index is 13.8. The first kappa shape index (κ1) is 19.2. The molecule has 2 aromatic heterocycles. The molecule has 0 amide bonds. The zero-order valence-corrected chi connectivity index (χ0v) is 15.8. The van der Waals surface area contributed by atoms with Crippen LogP contribution in [0.5, 0.6) is 5.75 Å². The highest BCUT2D eigenvalue weighted by Gasteiger charge is 2.33. The minimum atomic E-state index is -2.53. The number of nitrogen functional groups attached to an aromatic ring is 1. The molecule has 1 aromatic carbocycles. The van der Waals surface area contributed by atoms with E-state index >= 15 is 0 Å². The number of benzene rings is 1. The molecule has 1 atom stereocenters. The number of H-pyrrole nitrogens is 1. The molecule has 3 heterocycles. The van der Waals surface area contributed by atoms with Crippen LogP contribution in [-0.2, 0) is 19.5 Å². The summed E-state index contributed by atoms with van der Waals surface area (Å²) in [7, 11) is 1.53. The van der Waals surface area contributed by atoms with E-state index in [2.05, 4.69) is 25.6 Å². The minimum absolute atomic E-state index is 0.0357. The molecule has 0 aliphatic carbocycles. The Balaban J connectivity index is 1.55. The molecule has 0 saturated carbocycles. The predicted molar refractivity (Wildman–Crippen MR) is 103 cm³/mol. The van der Waals surface area contributed by atoms with Gasteiger partial charge < -0.3 is 10.2 Å². The van der Waals surface area contributed by atoms with E-state index < -0.39 is 12.5 Å². The van der Waals surface area contributed by atoms with Crippen LogP contribution >= 0.6 is 0 Å². The van der Waals surface area contributed by atoms with Crippen LogP contribution in [0.15, 0.2) is 36.5 Å². The van der Waals surface area contributed by atoms with E-state index in [1.807, 2.05) is 12.1 Å². The number of nitrogens with one attached hydrogen (secondary N) is 2. The summed E-state index contributed by atoms with van der Waals surface area (Å²) in [6.07, 6.45) is -0.816. The lowest BCUT2D eigenvalue weighted by atomic mass is 10.1. The largest absolute Gasteiger partial charge is 0.495 e. The quantitative estimate of drug-likeness (QED) is 0.412. The fourth-order valence-electron chi connectivity index (χ4n) is 3.58. The van der Waals surface area contributed by atoms with E-state index in [1.54, 1.807) is 29.3 Å². The molecule has 0 bridgehead atoms. The van der Waals surface area contributed by atoms with Gasteiger partial charge in [0.15, 0.2) is 5.82 Å². The number of methoxy groups -OCH3 is 1. The number of halogens is 2. The molecule has 0 saturated heterocycles. The Hall–Kier alpha value is -3.11.